The minimum absolute atomic E-state index is 0.00479. The highest BCUT2D eigenvalue weighted by Gasteiger charge is 2.24. The number of aryl methyl sites for hydroxylation is 1. The van der Waals surface area contributed by atoms with Crippen LogP contribution in [0.4, 0.5) is 0 Å². The summed E-state index contributed by atoms with van der Waals surface area (Å²) in [5, 5.41) is 10.5. The fourth-order valence-corrected chi connectivity index (χ4v) is 2.15. The summed E-state index contributed by atoms with van der Waals surface area (Å²) >= 11 is 0. The quantitative estimate of drug-likeness (QED) is 0.889. The summed E-state index contributed by atoms with van der Waals surface area (Å²) in [4.78, 5) is 11.0. The molecule has 3 heteroatoms. The number of phenolic OH excluding ortho intramolecular Hbond substituents is 1. The molecule has 0 atom stereocenters. The molecule has 1 rings (SSSR count). The molecule has 1 aromatic rings. The van der Waals surface area contributed by atoms with E-state index in [2.05, 4.69) is 47.6 Å². The van der Waals surface area contributed by atoms with Gasteiger partial charge in [-0.25, -0.2) is 0 Å². The Balaban J connectivity index is 3.39. The van der Waals surface area contributed by atoms with Gasteiger partial charge in [0.05, 0.1) is 0 Å². The van der Waals surface area contributed by atoms with E-state index in [-0.39, 0.29) is 23.2 Å². The van der Waals surface area contributed by atoms with E-state index in [1.54, 1.807) is 0 Å². The molecule has 3 N–H and O–H groups in total. The summed E-state index contributed by atoms with van der Waals surface area (Å²) in [7, 11) is 0. The van der Waals surface area contributed by atoms with Crippen LogP contribution in [-0.4, -0.2) is 11.0 Å². The van der Waals surface area contributed by atoms with Gasteiger partial charge in [0.25, 0.3) is 0 Å². The van der Waals surface area contributed by atoms with Crippen LogP contribution in [0.15, 0.2) is 12.1 Å². The number of phenols is 1. The summed E-state index contributed by atoms with van der Waals surface area (Å²) in [6.07, 6.45) is 0.735. The van der Waals surface area contributed by atoms with Gasteiger partial charge >= 0.3 is 0 Å². The minimum atomic E-state index is -0.345. The van der Waals surface area contributed by atoms with Crippen LogP contribution in [0.1, 0.15) is 64.7 Å². The van der Waals surface area contributed by atoms with Crippen molar-refractivity contribution in [2.75, 3.05) is 0 Å². The molecule has 0 aliphatic carbocycles. The largest absolute Gasteiger partial charge is 0.507 e. The SMILES string of the molecule is CC(C)(C)c1cc(CCC(N)=O)c(O)c(C(C)(C)C)c1. The van der Waals surface area contributed by atoms with Crippen molar-refractivity contribution >= 4 is 5.91 Å². The number of benzene rings is 1. The van der Waals surface area contributed by atoms with Crippen LogP contribution < -0.4 is 5.73 Å². The maximum atomic E-state index is 11.0. The summed E-state index contributed by atoms with van der Waals surface area (Å²) < 4.78 is 0. The van der Waals surface area contributed by atoms with Gasteiger partial charge in [0.2, 0.25) is 5.91 Å². The summed E-state index contributed by atoms with van der Waals surface area (Å²) in [5.74, 6) is -0.0466. The zero-order chi connectivity index (χ0) is 15.7. The van der Waals surface area contributed by atoms with E-state index in [0.29, 0.717) is 12.2 Å². The van der Waals surface area contributed by atoms with E-state index in [1.807, 2.05) is 6.07 Å². The molecule has 0 bridgehead atoms. The predicted molar refractivity (Wildman–Crippen MR) is 83.0 cm³/mol. The first kappa shape index (κ1) is 16.5. The molecule has 0 spiro atoms. The van der Waals surface area contributed by atoms with Gasteiger partial charge in [0, 0.05) is 6.42 Å². The summed E-state index contributed by atoms with van der Waals surface area (Å²) in [6.45, 7) is 12.7. The van der Waals surface area contributed by atoms with E-state index in [4.69, 9.17) is 5.73 Å². The highest BCUT2D eigenvalue weighted by Crippen LogP contribution is 2.38. The number of hydrogen-bond acceptors (Lipinski definition) is 2. The van der Waals surface area contributed by atoms with Crippen molar-refractivity contribution in [2.45, 2.75) is 65.2 Å². The molecule has 112 valence electrons. The number of aromatic hydroxyl groups is 1. The first-order valence-corrected chi connectivity index (χ1v) is 7.08. The Labute approximate surface area is 122 Å². The lowest BCUT2D eigenvalue weighted by Crippen LogP contribution is -2.18. The number of primary amides is 1. The molecule has 1 aromatic carbocycles. The maximum absolute atomic E-state index is 11.0. The first-order valence-electron chi connectivity index (χ1n) is 7.08. The fraction of sp³-hybridized carbons (Fsp3) is 0.588. The number of nitrogens with two attached hydrogens (primary N) is 1. The van der Waals surface area contributed by atoms with E-state index in [1.165, 1.54) is 5.56 Å². The van der Waals surface area contributed by atoms with Crippen LogP contribution in [0.25, 0.3) is 0 Å². The molecule has 0 unspecified atom stereocenters. The zero-order valence-electron chi connectivity index (χ0n) is 13.5. The second-order valence-electron chi connectivity index (χ2n) is 7.50. The fourth-order valence-electron chi connectivity index (χ4n) is 2.15. The normalized spacial score (nSPS) is 12.5. The number of rotatable bonds is 3. The smallest absolute Gasteiger partial charge is 0.217 e. The molecule has 20 heavy (non-hydrogen) atoms. The summed E-state index contributed by atoms with van der Waals surface area (Å²) in [5.41, 5.74) is 7.96. The molecule has 0 saturated carbocycles. The van der Waals surface area contributed by atoms with Gasteiger partial charge in [-0.3, -0.25) is 4.79 Å². The van der Waals surface area contributed by atoms with Crippen molar-refractivity contribution in [1.82, 2.24) is 0 Å². The van der Waals surface area contributed by atoms with Gasteiger partial charge < -0.3 is 10.8 Å². The molecular weight excluding hydrogens is 250 g/mol. The Bertz CT molecular complexity index is 505. The number of carbonyl (C=O) groups is 1. The van der Waals surface area contributed by atoms with Crippen LogP contribution in [0.3, 0.4) is 0 Å². The highest BCUT2D eigenvalue weighted by molar-refractivity contribution is 5.74. The van der Waals surface area contributed by atoms with Crippen LogP contribution in [0, 0.1) is 0 Å². The molecule has 0 aliphatic rings. The number of hydrogen-bond donors (Lipinski definition) is 2. The predicted octanol–water partition coefficient (Wildman–Crippen LogP) is 3.41. The van der Waals surface area contributed by atoms with Crippen molar-refractivity contribution in [3.8, 4) is 5.75 Å². The Kier molecular flexibility index (Phi) is 4.52. The Hall–Kier alpha value is -1.51. The van der Waals surface area contributed by atoms with Crippen molar-refractivity contribution in [2.24, 2.45) is 5.73 Å². The average molecular weight is 277 g/mol. The standard InChI is InChI=1S/C17H27NO2/c1-16(2,3)12-9-11(7-8-14(18)19)15(20)13(10-12)17(4,5)6/h9-10,20H,7-8H2,1-6H3,(H2,18,19). The second kappa shape index (κ2) is 5.47. The minimum Gasteiger partial charge on any atom is -0.507 e. The summed E-state index contributed by atoms with van der Waals surface area (Å²) in [6, 6.07) is 4.07. The lowest BCUT2D eigenvalue weighted by atomic mass is 9.78. The highest BCUT2D eigenvalue weighted by atomic mass is 16.3. The van der Waals surface area contributed by atoms with Gasteiger partial charge in [0.1, 0.15) is 5.75 Å². The molecule has 0 fully saturated rings. The maximum Gasteiger partial charge on any atom is 0.217 e. The Morgan fingerprint density at radius 1 is 1.10 bits per heavy atom. The van der Waals surface area contributed by atoms with Crippen molar-refractivity contribution in [3.05, 3.63) is 28.8 Å². The van der Waals surface area contributed by atoms with E-state index >= 15 is 0 Å². The van der Waals surface area contributed by atoms with Gasteiger partial charge in [-0.1, -0.05) is 53.7 Å². The second-order valence-corrected chi connectivity index (χ2v) is 7.50. The molecule has 0 aliphatic heterocycles. The van der Waals surface area contributed by atoms with Crippen LogP contribution in [-0.2, 0) is 22.0 Å². The third-order valence-electron chi connectivity index (χ3n) is 3.50. The molecule has 0 radical (unpaired) electrons. The monoisotopic (exact) mass is 277 g/mol. The number of amides is 1. The van der Waals surface area contributed by atoms with Crippen LogP contribution >= 0.6 is 0 Å². The molecule has 0 heterocycles. The molecule has 0 saturated heterocycles. The molecular formula is C17H27NO2. The number of carbonyl (C=O) groups excluding carboxylic acids is 1. The third-order valence-corrected chi connectivity index (χ3v) is 3.50. The van der Waals surface area contributed by atoms with Crippen molar-refractivity contribution in [3.63, 3.8) is 0 Å². The molecule has 3 nitrogen and oxygen atoms in total. The lowest BCUT2D eigenvalue weighted by Gasteiger charge is -2.27. The van der Waals surface area contributed by atoms with Crippen LogP contribution in [0.5, 0.6) is 5.75 Å². The molecule has 1 amide bonds. The van der Waals surface area contributed by atoms with Gasteiger partial charge in [-0.05, 0) is 33.9 Å². The molecule has 0 aromatic heterocycles. The van der Waals surface area contributed by atoms with Crippen LogP contribution in [0.2, 0.25) is 0 Å². The third kappa shape index (κ3) is 3.99. The first-order chi connectivity index (χ1) is 8.93. The Morgan fingerprint density at radius 2 is 1.65 bits per heavy atom. The lowest BCUT2D eigenvalue weighted by molar-refractivity contribution is -0.117. The van der Waals surface area contributed by atoms with Crippen molar-refractivity contribution in [1.29, 1.82) is 0 Å². The van der Waals surface area contributed by atoms with Gasteiger partial charge in [-0.15, -0.1) is 0 Å². The van der Waals surface area contributed by atoms with Crippen molar-refractivity contribution < 1.29 is 9.90 Å². The average Bonchev–Trinajstić information content (AvgIpc) is 2.24. The van der Waals surface area contributed by atoms with E-state index < -0.39 is 0 Å². The van der Waals surface area contributed by atoms with E-state index in [0.717, 1.165) is 11.1 Å². The van der Waals surface area contributed by atoms with Gasteiger partial charge in [-0.2, -0.15) is 0 Å². The topological polar surface area (TPSA) is 63.3 Å². The van der Waals surface area contributed by atoms with E-state index in [9.17, 15) is 9.90 Å². The van der Waals surface area contributed by atoms with Gasteiger partial charge in [0.15, 0.2) is 0 Å². The Morgan fingerprint density at radius 3 is 2.05 bits per heavy atom. The zero-order valence-corrected chi connectivity index (χ0v) is 13.5.